The number of carbonyl (C=O) groups excluding carboxylic acids is 2. The summed E-state index contributed by atoms with van der Waals surface area (Å²) in [5.74, 6) is 1.09. The quantitative estimate of drug-likeness (QED) is 0.664. The molecule has 27 heavy (non-hydrogen) atoms. The molecule has 3 aromatic rings. The number of ether oxygens (including phenoxy) is 1. The second kappa shape index (κ2) is 7.37. The molecule has 0 saturated carbocycles. The van der Waals surface area contributed by atoms with Crippen LogP contribution in [0.5, 0.6) is 11.5 Å². The van der Waals surface area contributed by atoms with Gasteiger partial charge in [-0.25, -0.2) is 0 Å². The number of benzene rings is 2. The van der Waals surface area contributed by atoms with E-state index >= 15 is 0 Å². The van der Waals surface area contributed by atoms with Crippen LogP contribution >= 0.6 is 11.3 Å². The number of hydrogen-bond donors (Lipinski definition) is 1. The first-order chi connectivity index (χ1) is 13.1. The summed E-state index contributed by atoms with van der Waals surface area (Å²) >= 11 is 1.48. The lowest BCUT2D eigenvalue weighted by Gasteiger charge is -2.27. The second-order valence-electron chi connectivity index (χ2n) is 6.47. The molecular formula is C22H19NO3S. The van der Waals surface area contributed by atoms with E-state index in [4.69, 9.17) is 4.74 Å². The van der Waals surface area contributed by atoms with Gasteiger partial charge in [0.05, 0.1) is 10.8 Å². The Kier molecular flexibility index (Phi) is 4.77. The molecule has 136 valence electrons. The monoisotopic (exact) mass is 377 g/mol. The SMILES string of the molecule is CC(=O)c1ccc(CCNC(=O)C2c3ccccc3Oc3ccccc32)s1. The Balaban J connectivity index is 1.50. The van der Waals surface area contributed by atoms with Crippen molar-refractivity contribution in [2.45, 2.75) is 19.3 Å². The summed E-state index contributed by atoms with van der Waals surface area (Å²) in [6.07, 6.45) is 0.705. The van der Waals surface area contributed by atoms with Crippen LogP contribution in [0.4, 0.5) is 0 Å². The maximum atomic E-state index is 13.0. The highest BCUT2D eigenvalue weighted by molar-refractivity contribution is 7.14. The fraction of sp³-hybridized carbons (Fsp3) is 0.182. The van der Waals surface area contributed by atoms with Crippen LogP contribution in [-0.4, -0.2) is 18.2 Å². The van der Waals surface area contributed by atoms with Gasteiger partial charge in [-0.3, -0.25) is 9.59 Å². The van der Waals surface area contributed by atoms with Gasteiger partial charge in [0, 0.05) is 22.5 Å². The van der Waals surface area contributed by atoms with E-state index in [1.807, 2.05) is 60.7 Å². The lowest BCUT2D eigenvalue weighted by Crippen LogP contribution is -2.32. The van der Waals surface area contributed by atoms with Crippen LogP contribution in [0.25, 0.3) is 0 Å². The minimum Gasteiger partial charge on any atom is -0.457 e. The lowest BCUT2D eigenvalue weighted by atomic mass is 9.87. The number of rotatable bonds is 5. The Labute approximate surface area is 161 Å². The highest BCUT2D eigenvalue weighted by Gasteiger charge is 2.32. The van der Waals surface area contributed by atoms with Crippen LogP contribution in [0, 0.1) is 0 Å². The molecule has 1 amide bonds. The standard InChI is InChI=1S/C22H19NO3S/c1-14(24)20-11-10-15(27-20)12-13-23-22(25)21-16-6-2-4-8-18(16)26-19-9-5-3-7-17(19)21/h2-11,21H,12-13H2,1H3,(H,23,25). The zero-order valence-electron chi connectivity index (χ0n) is 14.9. The van der Waals surface area contributed by atoms with Gasteiger partial charge in [-0.1, -0.05) is 36.4 Å². The number of para-hydroxylation sites is 2. The van der Waals surface area contributed by atoms with Crippen LogP contribution in [0.3, 0.4) is 0 Å². The third-order valence-electron chi connectivity index (χ3n) is 4.62. The minimum atomic E-state index is -0.387. The van der Waals surface area contributed by atoms with Gasteiger partial charge in [-0.2, -0.15) is 0 Å². The van der Waals surface area contributed by atoms with E-state index in [-0.39, 0.29) is 17.6 Å². The first-order valence-corrected chi connectivity index (χ1v) is 9.68. The molecule has 0 unspecified atom stereocenters. The van der Waals surface area contributed by atoms with Gasteiger partial charge in [0.25, 0.3) is 0 Å². The largest absolute Gasteiger partial charge is 0.457 e. The Hall–Kier alpha value is -2.92. The van der Waals surface area contributed by atoms with Crippen molar-refractivity contribution < 1.29 is 14.3 Å². The van der Waals surface area contributed by atoms with E-state index in [9.17, 15) is 9.59 Å². The maximum absolute atomic E-state index is 13.0. The van der Waals surface area contributed by atoms with Crippen LogP contribution in [0.2, 0.25) is 0 Å². The average molecular weight is 377 g/mol. The van der Waals surface area contributed by atoms with Crippen molar-refractivity contribution in [1.82, 2.24) is 5.32 Å². The third-order valence-corrected chi connectivity index (χ3v) is 5.87. The Bertz CT molecular complexity index is 963. The van der Waals surface area contributed by atoms with Gasteiger partial charge >= 0.3 is 0 Å². The fourth-order valence-corrected chi connectivity index (χ4v) is 4.21. The van der Waals surface area contributed by atoms with E-state index in [2.05, 4.69) is 5.32 Å². The lowest BCUT2D eigenvalue weighted by molar-refractivity contribution is -0.121. The van der Waals surface area contributed by atoms with Gasteiger partial charge in [0.2, 0.25) is 5.91 Å². The first kappa shape index (κ1) is 17.5. The van der Waals surface area contributed by atoms with Crippen molar-refractivity contribution in [2.24, 2.45) is 0 Å². The Morgan fingerprint density at radius 2 is 1.59 bits per heavy atom. The smallest absolute Gasteiger partial charge is 0.232 e. The van der Waals surface area contributed by atoms with E-state index < -0.39 is 0 Å². The van der Waals surface area contributed by atoms with Crippen LogP contribution in [-0.2, 0) is 11.2 Å². The first-order valence-electron chi connectivity index (χ1n) is 8.86. The maximum Gasteiger partial charge on any atom is 0.232 e. The molecule has 0 spiro atoms. The molecule has 2 heterocycles. The van der Waals surface area contributed by atoms with Crippen molar-refractivity contribution in [3.05, 3.63) is 81.5 Å². The highest BCUT2D eigenvalue weighted by atomic mass is 32.1. The molecule has 0 atom stereocenters. The molecule has 4 nitrogen and oxygen atoms in total. The number of ketones is 1. The number of hydrogen-bond acceptors (Lipinski definition) is 4. The number of carbonyl (C=O) groups is 2. The summed E-state index contributed by atoms with van der Waals surface area (Å²) in [4.78, 5) is 26.3. The van der Waals surface area contributed by atoms with Crippen molar-refractivity contribution >= 4 is 23.0 Å². The van der Waals surface area contributed by atoms with Crippen LogP contribution < -0.4 is 10.1 Å². The van der Waals surface area contributed by atoms with E-state index in [1.165, 1.54) is 11.3 Å². The molecule has 5 heteroatoms. The molecule has 0 radical (unpaired) electrons. The summed E-state index contributed by atoms with van der Waals surface area (Å²) in [7, 11) is 0. The van der Waals surface area contributed by atoms with Crippen molar-refractivity contribution in [3.63, 3.8) is 0 Å². The number of Topliss-reactive ketones (excluding diaryl/α,β-unsaturated/α-hetero) is 1. The van der Waals surface area contributed by atoms with E-state index in [0.29, 0.717) is 13.0 Å². The number of thiophene rings is 1. The third kappa shape index (κ3) is 3.51. The Morgan fingerprint density at radius 1 is 0.963 bits per heavy atom. The molecule has 4 rings (SSSR count). The Morgan fingerprint density at radius 3 is 2.19 bits per heavy atom. The molecule has 1 aromatic heterocycles. The summed E-state index contributed by atoms with van der Waals surface area (Å²) < 4.78 is 5.95. The summed E-state index contributed by atoms with van der Waals surface area (Å²) in [6.45, 7) is 2.09. The normalized spacial score (nSPS) is 12.6. The summed E-state index contributed by atoms with van der Waals surface area (Å²) in [6, 6.07) is 19.1. The highest BCUT2D eigenvalue weighted by Crippen LogP contribution is 2.43. The number of amides is 1. The van der Waals surface area contributed by atoms with Crippen molar-refractivity contribution in [2.75, 3.05) is 6.54 Å². The van der Waals surface area contributed by atoms with Crippen LogP contribution in [0.15, 0.2) is 60.7 Å². The molecule has 1 N–H and O–H groups in total. The molecule has 0 saturated heterocycles. The van der Waals surface area contributed by atoms with Crippen LogP contribution in [0.1, 0.15) is 38.5 Å². The van der Waals surface area contributed by atoms with Gasteiger partial charge in [-0.05, 0) is 37.6 Å². The second-order valence-corrected chi connectivity index (χ2v) is 7.64. The minimum absolute atomic E-state index is 0.0402. The van der Waals surface area contributed by atoms with E-state index in [1.54, 1.807) is 6.92 Å². The summed E-state index contributed by atoms with van der Waals surface area (Å²) in [5.41, 5.74) is 1.76. The van der Waals surface area contributed by atoms with E-state index in [0.717, 1.165) is 32.4 Å². The van der Waals surface area contributed by atoms with Gasteiger partial charge in [-0.15, -0.1) is 11.3 Å². The molecule has 0 aliphatic carbocycles. The van der Waals surface area contributed by atoms with Gasteiger partial charge in [0.15, 0.2) is 5.78 Å². The molecule has 2 aromatic carbocycles. The molecule has 0 fully saturated rings. The topological polar surface area (TPSA) is 55.4 Å². The van der Waals surface area contributed by atoms with Crippen molar-refractivity contribution in [3.8, 4) is 11.5 Å². The van der Waals surface area contributed by atoms with Gasteiger partial charge in [0.1, 0.15) is 11.5 Å². The summed E-state index contributed by atoms with van der Waals surface area (Å²) in [5, 5.41) is 3.05. The zero-order chi connectivity index (χ0) is 18.8. The predicted octanol–water partition coefficient (Wildman–Crippen LogP) is 4.55. The van der Waals surface area contributed by atoms with Crippen molar-refractivity contribution in [1.29, 1.82) is 0 Å². The molecule has 1 aliphatic heterocycles. The number of fused-ring (bicyclic) bond motifs is 2. The fourth-order valence-electron chi connectivity index (χ4n) is 3.30. The predicted molar refractivity (Wildman–Crippen MR) is 106 cm³/mol. The number of nitrogens with one attached hydrogen (secondary N) is 1. The van der Waals surface area contributed by atoms with Gasteiger partial charge < -0.3 is 10.1 Å². The molecular weight excluding hydrogens is 358 g/mol. The zero-order valence-corrected chi connectivity index (χ0v) is 15.7. The molecule has 1 aliphatic rings. The molecule has 0 bridgehead atoms. The average Bonchev–Trinajstić information content (AvgIpc) is 3.15.